The summed E-state index contributed by atoms with van der Waals surface area (Å²) >= 11 is 0. The topological polar surface area (TPSA) is 296 Å². The van der Waals surface area contributed by atoms with Crippen molar-refractivity contribution in [3.05, 3.63) is 36.4 Å². The Balaban J connectivity index is 0.0000157. The van der Waals surface area contributed by atoms with Crippen molar-refractivity contribution in [3.8, 4) is 0 Å². The number of aromatic nitrogens is 4. The molecule has 0 aliphatic heterocycles. The fraction of sp³-hybridized carbons (Fsp3) is 0.629. The molecule has 3 amide bonds. The maximum atomic E-state index is 12.2. The van der Waals surface area contributed by atoms with Crippen molar-refractivity contribution >= 4 is 41.8 Å². The van der Waals surface area contributed by atoms with Crippen LogP contribution in [-0.4, -0.2) is 116 Å². The predicted octanol–water partition coefficient (Wildman–Crippen LogP) is 2.12. The minimum atomic E-state index is -1.48. The molecule has 0 saturated heterocycles. The number of imidazole rings is 2. The minimum absolute atomic E-state index is 0. The average Bonchev–Trinajstić information content (AvgIpc) is 3.73. The molecule has 0 aliphatic carbocycles. The number of carbonyl (C=O) groups is 7. The number of unbranched alkanes of at least 4 members (excludes halogenated alkanes) is 8. The molecule has 1 radical (unpaired) electrons. The van der Waals surface area contributed by atoms with E-state index in [0.29, 0.717) is 57.1 Å². The van der Waals surface area contributed by atoms with Crippen LogP contribution in [0.1, 0.15) is 102 Å². The third-order valence-corrected chi connectivity index (χ3v) is 8.67. The van der Waals surface area contributed by atoms with E-state index in [2.05, 4.69) is 30.8 Å². The maximum absolute atomic E-state index is 12.2. The van der Waals surface area contributed by atoms with Crippen LogP contribution in [0.15, 0.2) is 24.8 Å². The van der Waals surface area contributed by atoms with E-state index in [-0.39, 0.29) is 52.3 Å². The van der Waals surface area contributed by atoms with E-state index in [9.17, 15) is 48.9 Å². The molecule has 8 N–H and O–H groups in total. The summed E-state index contributed by atoms with van der Waals surface area (Å²) < 4.78 is 3.15. The van der Waals surface area contributed by atoms with Crippen LogP contribution in [0, 0.1) is 0 Å². The molecule has 2 atom stereocenters. The van der Waals surface area contributed by atoms with Crippen LogP contribution in [0.4, 0.5) is 4.79 Å². The molecule has 56 heavy (non-hydrogen) atoms. The molecular formula is C35H54N8O12Re. The number of hydrogen-bond donors (Lipinski definition) is 8. The molecule has 0 spiro atoms. The van der Waals surface area contributed by atoms with E-state index in [0.717, 1.165) is 51.4 Å². The second kappa shape index (κ2) is 27.7. The summed E-state index contributed by atoms with van der Waals surface area (Å²) in [5.41, 5.74) is 0. The Labute approximate surface area is 338 Å². The molecule has 0 saturated carbocycles. The van der Waals surface area contributed by atoms with Crippen LogP contribution in [0.2, 0.25) is 0 Å². The van der Waals surface area contributed by atoms with Crippen LogP contribution < -0.4 is 16.0 Å². The summed E-state index contributed by atoms with van der Waals surface area (Å²) in [5, 5.41) is 52.8. The molecule has 2 aromatic rings. The Morgan fingerprint density at radius 1 is 0.607 bits per heavy atom. The number of nitrogens with one attached hydrogen (secondary N) is 3. The SMILES string of the molecule is O=C(O)CC[C@H](NC(=O)N[C@@H](CCCCNC(=O)CCCCCCCCCCN(Cc1nccn1CC(=O)O)Cc1nccn1CC(=O)O)C(=O)O)C(=O)O.[Re]. The van der Waals surface area contributed by atoms with Crippen LogP contribution in [0.3, 0.4) is 0 Å². The van der Waals surface area contributed by atoms with Gasteiger partial charge in [0.05, 0.1) is 13.1 Å². The van der Waals surface area contributed by atoms with Crippen molar-refractivity contribution < 1.29 is 79.5 Å². The smallest absolute Gasteiger partial charge is 0.326 e. The van der Waals surface area contributed by atoms with Gasteiger partial charge >= 0.3 is 35.9 Å². The molecule has 2 heterocycles. The van der Waals surface area contributed by atoms with E-state index in [1.165, 1.54) is 0 Å². The molecule has 21 heteroatoms. The molecular weight excluding hydrogens is 911 g/mol. The molecule has 0 unspecified atom stereocenters. The van der Waals surface area contributed by atoms with Crippen molar-refractivity contribution in [2.45, 2.75) is 128 Å². The summed E-state index contributed by atoms with van der Waals surface area (Å²) in [6, 6.07) is -3.81. The largest absolute Gasteiger partial charge is 0.481 e. The van der Waals surface area contributed by atoms with Gasteiger partial charge < -0.3 is 50.6 Å². The van der Waals surface area contributed by atoms with Gasteiger partial charge in [0.1, 0.15) is 36.8 Å². The zero-order valence-corrected chi connectivity index (χ0v) is 34.0. The molecule has 2 aromatic heterocycles. The molecule has 0 aromatic carbocycles. The zero-order valence-electron chi connectivity index (χ0n) is 31.3. The number of nitrogens with zero attached hydrogens (tertiary/aromatic N) is 5. The van der Waals surface area contributed by atoms with Gasteiger partial charge in [-0.25, -0.2) is 24.4 Å². The Bertz CT molecular complexity index is 1500. The third-order valence-electron chi connectivity index (χ3n) is 8.67. The summed E-state index contributed by atoms with van der Waals surface area (Å²) in [6.07, 6.45) is 14.3. The molecule has 0 fully saturated rings. The zero-order chi connectivity index (χ0) is 40.6. The van der Waals surface area contributed by atoms with Gasteiger partial charge in [-0.05, 0) is 45.1 Å². The van der Waals surface area contributed by atoms with Gasteiger partial charge in [0.2, 0.25) is 5.91 Å². The predicted molar refractivity (Wildman–Crippen MR) is 194 cm³/mol. The van der Waals surface area contributed by atoms with Crippen LogP contribution in [0.25, 0.3) is 0 Å². The fourth-order valence-corrected chi connectivity index (χ4v) is 5.79. The van der Waals surface area contributed by atoms with Crippen LogP contribution >= 0.6 is 0 Å². The molecule has 20 nitrogen and oxygen atoms in total. The summed E-state index contributed by atoms with van der Waals surface area (Å²) in [6.45, 7) is 1.38. The van der Waals surface area contributed by atoms with Crippen molar-refractivity contribution in [2.24, 2.45) is 0 Å². The summed E-state index contributed by atoms with van der Waals surface area (Å²) in [5.74, 6) is -4.83. The number of carbonyl (C=O) groups excluding carboxylic acids is 2. The van der Waals surface area contributed by atoms with Gasteiger partial charge in [-0.3, -0.25) is 24.1 Å². The van der Waals surface area contributed by atoms with Crippen molar-refractivity contribution in [1.29, 1.82) is 0 Å². The van der Waals surface area contributed by atoms with Gasteiger partial charge in [0, 0.05) is 64.6 Å². The molecule has 2 rings (SSSR count). The number of carboxylic acids is 5. The average molecular weight is 965 g/mol. The Morgan fingerprint density at radius 3 is 1.57 bits per heavy atom. The van der Waals surface area contributed by atoms with Gasteiger partial charge in [-0.2, -0.15) is 0 Å². The first-order chi connectivity index (χ1) is 26.2. The normalized spacial score (nSPS) is 11.9. The Hall–Kier alpha value is -4.87. The number of hydrogen-bond acceptors (Lipinski definition) is 10. The quantitative estimate of drug-likeness (QED) is 0.0502. The number of urea groups is 1. The second-order valence-corrected chi connectivity index (χ2v) is 13.2. The number of aliphatic carboxylic acids is 5. The van der Waals surface area contributed by atoms with E-state index in [1.807, 2.05) is 0 Å². The van der Waals surface area contributed by atoms with Gasteiger partial charge in [-0.15, -0.1) is 0 Å². The Kier molecular flexibility index (Phi) is 24.3. The van der Waals surface area contributed by atoms with Crippen molar-refractivity contribution in [1.82, 2.24) is 40.0 Å². The third kappa shape index (κ3) is 21.3. The van der Waals surface area contributed by atoms with E-state index >= 15 is 0 Å². The molecule has 0 bridgehead atoms. The summed E-state index contributed by atoms with van der Waals surface area (Å²) in [7, 11) is 0. The second-order valence-electron chi connectivity index (χ2n) is 13.2. The van der Waals surface area contributed by atoms with E-state index < -0.39 is 54.4 Å². The van der Waals surface area contributed by atoms with E-state index in [4.69, 9.17) is 10.2 Å². The van der Waals surface area contributed by atoms with Gasteiger partial charge in [0.25, 0.3) is 0 Å². The van der Waals surface area contributed by atoms with Crippen molar-refractivity contribution in [2.75, 3.05) is 13.1 Å². The Morgan fingerprint density at radius 2 is 1.09 bits per heavy atom. The molecule has 0 aliphatic rings. The van der Waals surface area contributed by atoms with Crippen LogP contribution in [-0.2, 0) is 75.4 Å². The number of rotatable bonds is 31. The fourth-order valence-electron chi connectivity index (χ4n) is 5.79. The van der Waals surface area contributed by atoms with Gasteiger partial charge in [0.15, 0.2) is 0 Å². The first kappa shape index (κ1) is 49.2. The minimum Gasteiger partial charge on any atom is -0.481 e. The summed E-state index contributed by atoms with van der Waals surface area (Å²) in [4.78, 5) is 91.1. The van der Waals surface area contributed by atoms with E-state index in [1.54, 1.807) is 33.9 Å². The molecule has 313 valence electrons. The first-order valence-corrected chi connectivity index (χ1v) is 18.4. The number of carboxylic acid groups (broad SMARTS) is 5. The van der Waals surface area contributed by atoms with Crippen LogP contribution in [0.5, 0.6) is 0 Å². The monoisotopic (exact) mass is 965 g/mol. The first-order valence-electron chi connectivity index (χ1n) is 18.4. The maximum Gasteiger partial charge on any atom is 0.326 e. The van der Waals surface area contributed by atoms with Gasteiger partial charge in [-0.1, -0.05) is 38.5 Å². The number of amides is 3. The van der Waals surface area contributed by atoms with Crippen molar-refractivity contribution in [3.63, 3.8) is 0 Å². The standard InChI is InChI=1S/C35H54N8O12.Re/c44-29(38-15-9-8-11-25(33(51)52)39-35(55)40-26(34(53)54)13-14-30(45)46)12-7-5-3-1-2-4-6-10-18-41(21-27-36-16-19-42(27)23-31(47)48)22-28-37-17-20-43(28)24-32(49)50;/h16-17,19-20,25-26H,1-15,18,21-24H2,(H,38,44)(H,45,46)(H,47,48)(H,49,50)(H,51,52)(H,53,54)(H2,39,40,55);/t25-,26-;/m0./s1.